The van der Waals surface area contributed by atoms with Gasteiger partial charge in [0, 0.05) is 38.8 Å². The van der Waals surface area contributed by atoms with Crippen molar-refractivity contribution in [3.05, 3.63) is 81.3 Å². The van der Waals surface area contributed by atoms with E-state index in [1.807, 2.05) is 55.5 Å². The predicted molar refractivity (Wildman–Crippen MR) is 186 cm³/mol. The third-order valence-corrected chi connectivity index (χ3v) is 8.40. The van der Waals surface area contributed by atoms with Crippen LogP contribution in [0.2, 0.25) is 0 Å². The van der Waals surface area contributed by atoms with Crippen LogP contribution in [0.3, 0.4) is 0 Å². The highest BCUT2D eigenvalue weighted by atomic mass is 16.5. The largest absolute Gasteiger partial charge is 0.485 e. The van der Waals surface area contributed by atoms with Crippen LogP contribution in [0.1, 0.15) is 120 Å². The van der Waals surface area contributed by atoms with Crippen molar-refractivity contribution in [3.8, 4) is 5.75 Å². The SMILES string of the molecule is CCCCCCCCc1[nH]c2ccccc2c(=O)c1C.CCCCCCCCc1nc2ccccc2c(OCC(C)=O)c1C. The molecule has 0 bridgehead atoms. The summed E-state index contributed by atoms with van der Waals surface area (Å²) in [6.07, 6.45) is 17.3. The Bertz CT molecular complexity index is 1520. The number of nitrogens with zero attached hydrogens (tertiary/aromatic N) is 1. The zero-order valence-electron chi connectivity index (χ0n) is 27.9. The highest BCUT2D eigenvalue weighted by Gasteiger charge is 2.13. The fraction of sp³-hybridized carbons (Fsp3) is 0.513. The van der Waals surface area contributed by atoms with Crippen molar-refractivity contribution in [2.45, 2.75) is 125 Å². The molecule has 2 aromatic carbocycles. The summed E-state index contributed by atoms with van der Waals surface area (Å²) in [7, 11) is 0. The lowest BCUT2D eigenvalue weighted by Gasteiger charge is -2.15. The van der Waals surface area contributed by atoms with Crippen molar-refractivity contribution >= 4 is 27.6 Å². The lowest BCUT2D eigenvalue weighted by atomic mass is 10.0. The zero-order chi connectivity index (χ0) is 31.7. The summed E-state index contributed by atoms with van der Waals surface area (Å²) in [6.45, 7) is 10.1. The van der Waals surface area contributed by atoms with Crippen LogP contribution in [0.25, 0.3) is 21.8 Å². The molecule has 0 aliphatic rings. The van der Waals surface area contributed by atoms with E-state index < -0.39 is 0 Å². The van der Waals surface area contributed by atoms with Gasteiger partial charge < -0.3 is 9.72 Å². The number of benzene rings is 2. The van der Waals surface area contributed by atoms with Gasteiger partial charge >= 0.3 is 0 Å². The Morgan fingerprint density at radius 3 is 1.95 bits per heavy atom. The molecular formula is C39H54N2O3. The molecule has 2 heterocycles. The normalized spacial score (nSPS) is 11.0. The van der Waals surface area contributed by atoms with Crippen LogP contribution < -0.4 is 10.2 Å². The number of hydrogen-bond acceptors (Lipinski definition) is 4. The first-order valence-corrected chi connectivity index (χ1v) is 17.0. The molecule has 238 valence electrons. The molecule has 1 N–H and O–H groups in total. The molecule has 0 amide bonds. The molecule has 0 aliphatic heterocycles. The second-order valence-electron chi connectivity index (χ2n) is 12.2. The number of carbonyl (C=O) groups excluding carboxylic acids is 1. The van der Waals surface area contributed by atoms with E-state index in [-0.39, 0.29) is 17.8 Å². The molecule has 5 heteroatoms. The second kappa shape index (κ2) is 19.0. The summed E-state index contributed by atoms with van der Waals surface area (Å²) in [5.41, 5.74) is 6.26. The number of nitrogens with one attached hydrogen (secondary N) is 1. The molecule has 0 unspecified atom stereocenters. The monoisotopic (exact) mass is 598 g/mol. The molecule has 0 saturated heterocycles. The summed E-state index contributed by atoms with van der Waals surface area (Å²) < 4.78 is 5.82. The first kappa shape index (κ1) is 35.0. The first-order valence-electron chi connectivity index (χ1n) is 17.0. The number of ether oxygens (including phenoxy) is 1. The van der Waals surface area contributed by atoms with Crippen molar-refractivity contribution in [2.75, 3.05) is 6.61 Å². The molecule has 0 atom stereocenters. The van der Waals surface area contributed by atoms with E-state index in [9.17, 15) is 9.59 Å². The van der Waals surface area contributed by atoms with Gasteiger partial charge in [-0.25, -0.2) is 0 Å². The highest BCUT2D eigenvalue weighted by molar-refractivity contribution is 5.87. The number of para-hydroxylation sites is 2. The lowest BCUT2D eigenvalue weighted by molar-refractivity contribution is -0.118. The summed E-state index contributed by atoms with van der Waals surface area (Å²) in [6, 6.07) is 15.8. The zero-order valence-corrected chi connectivity index (χ0v) is 27.9. The molecule has 44 heavy (non-hydrogen) atoms. The number of ketones is 1. The number of aromatic amines is 1. The predicted octanol–water partition coefficient (Wildman–Crippen LogP) is 10.2. The highest BCUT2D eigenvalue weighted by Crippen LogP contribution is 2.31. The van der Waals surface area contributed by atoms with Crippen LogP contribution in [-0.2, 0) is 17.6 Å². The molecular weight excluding hydrogens is 544 g/mol. The second-order valence-corrected chi connectivity index (χ2v) is 12.2. The molecule has 2 aromatic heterocycles. The summed E-state index contributed by atoms with van der Waals surface area (Å²) in [5.74, 6) is 0.851. The van der Waals surface area contributed by atoms with Crippen LogP contribution in [0.5, 0.6) is 5.75 Å². The van der Waals surface area contributed by atoms with Gasteiger partial charge in [-0.05, 0) is 70.7 Å². The Balaban J connectivity index is 0.000000244. The van der Waals surface area contributed by atoms with Gasteiger partial charge in [0.15, 0.2) is 11.2 Å². The van der Waals surface area contributed by atoms with Gasteiger partial charge in [-0.2, -0.15) is 0 Å². The van der Waals surface area contributed by atoms with Gasteiger partial charge in [0.1, 0.15) is 12.4 Å². The fourth-order valence-electron chi connectivity index (χ4n) is 5.72. The minimum absolute atomic E-state index is 0.0350. The van der Waals surface area contributed by atoms with Crippen molar-refractivity contribution in [1.82, 2.24) is 9.97 Å². The van der Waals surface area contributed by atoms with Crippen LogP contribution in [0, 0.1) is 13.8 Å². The number of carbonyl (C=O) groups is 1. The van der Waals surface area contributed by atoms with E-state index in [1.165, 1.54) is 70.6 Å². The molecule has 0 saturated carbocycles. The average molecular weight is 599 g/mol. The number of hydrogen-bond donors (Lipinski definition) is 1. The maximum atomic E-state index is 12.3. The Morgan fingerprint density at radius 1 is 0.727 bits per heavy atom. The van der Waals surface area contributed by atoms with Gasteiger partial charge in [0.25, 0.3) is 0 Å². The number of fused-ring (bicyclic) bond motifs is 2. The van der Waals surface area contributed by atoms with E-state index in [1.54, 1.807) is 6.92 Å². The number of unbranched alkanes of at least 4 members (excludes halogenated alkanes) is 10. The topological polar surface area (TPSA) is 72.1 Å². The molecule has 4 rings (SSSR count). The van der Waals surface area contributed by atoms with Gasteiger partial charge in [0.2, 0.25) is 0 Å². The Hall–Kier alpha value is -3.47. The third kappa shape index (κ3) is 10.6. The fourth-order valence-corrected chi connectivity index (χ4v) is 5.72. The number of aryl methyl sites for hydroxylation is 2. The first-order chi connectivity index (χ1) is 21.4. The van der Waals surface area contributed by atoms with Crippen molar-refractivity contribution in [1.29, 1.82) is 0 Å². The van der Waals surface area contributed by atoms with Crippen LogP contribution in [-0.4, -0.2) is 22.4 Å². The van der Waals surface area contributed by atoms with E-state index in [0.29, 0.717) is 0 Å². The van der Waals surface area contributed by atoms with Crippen molar-refractivity contribution in [2.24, 2.45) is 0 Å². The molecule has 0 spiro atoms. The summed E-state index contributed by atoms with van der Waals surface area (Å²) in [4.78, 5) is 31.9. The smallest absolute Gasteiger partial charge is 0.192 e. The van der Waals surface area contributed by atoms with Gasteiger partial charge in [-0.15, -0.1) is 0 Å². The maximum Gasteiger partial charge on any atom is 0.192 e. The number of pyridine rings is 2. The molecule has 0 aliphatic carbocycles. The van der Waals surface area contributed by atoms with E-state index >= 15 is 0 Å². The minimum Gasteiger partial charge on any atom is -0.485 e. The maximum absolute atomic E-state index is 12.3. The molecule has 4 aromatic rings. The molecule has 5 nitrogen and oxygen atoms in total. The van der Waals surface area contributed by atoms with Crippen LogP contribution in [0.4, 0.5) is 0 Å². The summed E-state index contributed by atoms with van der Waals surface area (Å²) >= 11 is 0. The lowest BCUT2D eigenvalue weighted by Crippen LogP contribution is -2.11. The van der Waals surface area contributed by atoms with Gasteiger partial charge in [-0.1, -0.05) is 102 Å². The van der Waals surface area contributed by atoms with E-state index in [0.717, 1.165) is 69.3 Å². The van der Waals surface area contributed by atoms with Crippen molar-refractivity contribution in [3.63, 3.8) is 0 Å². The standard InChI is InChI=1S/C21H29NO2.C18H25NO/c1-4-5-6-7-8-9-13-19-17(3)21(24-15-16(2)23)18-12-10-11-14-20(18)22-19;1-3-4-5-6-7-8-12-16-14(2)18(20)15-11-9-10-13-17(15)19-16/h10-12,14H,4-9,13,15H2,1-3H3;9-11,13H,3-8,12H2,1-2H3,(H,19,20). The Morgan fingerprint density at radius 2 is 1.30 bits per heavy atom. The number of aromatic nitrogens is 2. The van der Waals surface area contributed by atoms with Gasteiger partial charge in [-0.3, -0.25) is 14.6 Å². The molecule has 0 radical (unpaired) electrons. The third-order valence-electron chi connectivity index (χ3n) is 8.40. The van der Waals surface area contributed by atoms with Crippen LogP contribution >= 0.6 is 0 Å². The minimum atomic E-state index is 0.0350. The van der Waals surface area contributed by atoms with E-state index in [4.69, 9.17) is 9.72 Å². The quantitative estimate of drug-likeness (QED) is 0.123. The van der Waals surface area contributed by atoms with Crippen LogP contribution in [0.15, 0.2) is 53.3 Å². The Kier molecular flexibility index (Phi) is 15.1. The van der Waals surface area contributed by atoms with Gasteiger partial charge in [0.05, 0.1) is 5.52 Å². The van der Waals surface area contributed by atoms with Crippen molar-refractivity contribution < 1.29 is 9.53 Å². The van der Waals surface area contributed by atoms with E-state index in [2.05, 4.69) is 25.8 Å². The number of H-pyrrole nitrogens is 1. The summed E-state index contributed by atoms with van der Waals surface area (Å²) in [5, 5.41) is 1.79. The average Bonchev–Trinajstić information content (AvgIpc) is 3.03. The number of Topliss-reactive ketones (excluding diaryl/α,β-unsaturated/α-hetero) is 1. The number of rotatable bonds is 17. The molecule has 0 fully saturated rings. The Labute approximate surface area is 264 Å².